The number of carbonyl (C=O) groups excluding carboxylic acids is 1. The van der Waals surface area contributed by atoms with Crippen LogP contribution in [0, 0.1) is 27.3 Å². The smallest absolute Gasteiger partial charge is 0.313 e. The Morgan fingerprint density at radius 1 is 1.17 bits per heavy atom. The van der Waals surface area contributed by atoms with E-state index < -0.39 is 22.7 Å². The average molecular weight is 426 g/mol. The Hall–Kier alpha value is -3.96. The number of nitrogens with one attached hydrogen (secondary N) is 1. The lowest BCUT2D eigenvalue weighted by Gasteiger charge is -2.13. The van der Waals surface area contributed by atoms with Crippen molar-refractivity contribution in [3.63, 3.8) is 0 Å². The fraction of sp³-hybridized carbons (Fsp3) is 0.0476. The van der Waals surface area contributed by atoms with Crippen molar-refractivity contribution in [2.45, 2.75) is 6.04 Å². The first kappa shape index (κ1) is 20.8. The lowest BCUT2D eigenvalue weighted by molar-refractivity contribution is -0.385. The van der Waals surface area contributed by atoms with E-state index in [9.17, 15) is 24.6 Å². The molecule has 1 amide bonds. The summed E-state index contributed by atoms with van der Waals surface area (Å²) in [6.45, 7) is 0. The molecular formula is C21H13ClFN3O4. The van der Waals surface area contributed by atoms with Crippen molar-refractivity contribution in [2.75, 3.05) is 0 Å². The monoisotopic (exact) mass is 425 g/mol. The molecule has 0 saturated heterocycles. The number of halogens is 2. The first-order valence-corrected chi connectivity index (χ1v) is 8.93. The first-order chi connectivity index (χ1) is 14.4. The molecule has 0 fully saturated rings. The van der Waals surface area contributed by atoms with Crippen LogP contribution < -0.4 is 10.1 Å². The molecule has 1 N–H and O–H groups in total. The van der Waals surface area contributed by atoms with Gasteiger partial charge in [-0.1, -0.05) is 29.8 Å². The molecule has 9 heteroatoms. The van der Waals surface area contributed by atoms with Gasteiger partial charge in [-0.15, -0.1) is 0 Å². The second-order valence-corrected chi connectivity index (χ2v) is 6.49. The summed E-state index contributed by atoms with van der Waals surface area (Å²) in [4.78, 5) is 22.9. The number of rotatable bonds is 6. The molecule has 0 aliphatic carbocycles. The molecule has 7 nitrogen and oxygen atoms in total. The second kappa shape index (κ2) is 9.03. The van der Waals surface area contributed by atoms with Gasteiger partial charge in [0.2, 0.25) is 5.75 Å². The number of hydrogen-bond acceptors (Lipinski definition) is 5. The molecule has 0 aliphatic heterocycles. The third kappa shape index (κ3) is 4.71. The Morgan fingerprint density at radius 3 is 2.50 bits per heavy atom. The van der Waals surface area contributed by atoms with Gasteiger partial charge in [0.15, 0.2) is 0 Å². The fourth-order valence-electron chi connectivity index (χ4n) is 2.62. The van der Waals surface area contributed by atoms with Crippen molar-refractivity contribution in [2.24, 2.45) is 0 Å². The average Bonchev–Trinajstić information content (AvgIpc) is 2.74. The van der Waals surface area contributed by atoms with E-state index in [0.717, 1.165) is 0 Å². The molecule has 0 bridgehead atoms. The standard InChI is InChI=1S/C21H13ClFN3O4/c22-14-7-10-20(19(11-14)26(28)29)30-15-8-5-13(6-9-15)21(27)25-18(12-24)16-3-1-2-4-17(16)23/h1-11,18H,(H,25,27). The Morgan fingerprint density at radius 2 is 1.87 bits per heavy atom. The highest BCUT2D eigenvalue weighted by atomic mass is 35.5. The molecule has 3 aromatic rings. The van der Waals surface area contributed by atoms with Crippen LogP contribution in [0.1, 0.15) is 22.0 Å². The lowest BCUT2D eigenvalue weighted by atomic mass is 10.1. The zero-order chi connectivity index (χ0) is 21.7. The van der Waals surface area contributed by atoms with E-state index in [0.29, 0.717) is 0 Å². The molecule has 0 saturated carbocycles. The van der Waals surface area contributed by atoms with Crippen LogP contribution in [0.15, 0.2) is 66.7 Å². The van der Waals surface area contributed by atoms with Gasteiger partial charge in [0.25, 0.3) is 5.91 Å². The van der Waals surface area contributed by atoms with Crippen LogP contribution in [0.2, 0.25) is 5.02 Å². The van der Waals surface area contributed by atoms with Crippen molar-refractivity contribution in [3.8, 4) is 17.6 Å². The molecule has 0 aromatic heterocycles. The number of benzene rings is 3. The van der Waals surface area contributed by atoms with Crippen LogP contribution in [-0.4, -0.2) is 10.8 Å². The number of nitro groups is 1. The molecule has 0 heterocycles. The minimum Gasteiger partial charge on any atom is -0.450 e. The van der Waals surface area contributed by atoms with E-state index in [4.69, 9.17) is 16.3 Å². The number of nitro benzene ring substituents is 1. The minimum absolute atomic E-state index is 0.00861. The quantitative estimate of drug-likeness (QED) is 0.433. The van der Waals surface area contributed by atoms with E-state index in [2.05, 4.69) is 5.32 Å². The molecule has 30 heavy (non-hydrogen) atoms. The highest BCUT2D eigenvalue weighted by Gasteiger charge is 2.19. The molecule has 0 aliphatic rings. The van der Waals surface area contributed by atoms with Crippen LogP contribution in [0.3, 0.4) is 0 Å². The van der Waals surface area contributed by atoms with Gasteiger partial charge in [0, 0.05) is 22.2 Å². The third-order valence-corrected chi connectivity index (χ3v) is 4.32. The van der Waals surface area contributed by atoms with Gasteiger partial charge in [-0.25, -0.2) is 4.39 Å². The molecule has 0 radical (unpaired) electrons. The minimum atomic E-state index is -1.16. The topological polar surface area (TPSA) is 105 Å². The van der Waals surface area contributed by atoms with Crippen molar-refractivity contribution in [1.82, 2.24) is 5.32 Å². The third-order valence-electron chi connectivity index (χ3n) is 4.08. The Bertz CT molecular complexity index is 1150. The molecule has 3 rings (SSSR count). The van der Waals surface area contributed by atoms with Gasteiger partial charge in [0.1, 0.15) is 17.6 Å². The van der Waals surface area contributed by atoms with Gasteiger partial charge in [-0.05, 0) is 42.5 Å². The Labute approximate surface area is 175 Å². The van der Waals surface area contributed by atoms with Crippen LogP contribution in [-0.2, 0) is 0 Å². The Balaban J connectivity index is 1.74. The normalized spacial score (nSPS) is 11.2. The number of hydrogen-bond donors (Lipinski definition) is 1. The molecule has 150 valence electrons. The number of ether oxygens (including phenoxy) is 1. The zero-order valence-corrected chi connectivity index (χ0v) is 16.0. The summed E-state index contributed by atoms with van der Waals surface area (Å²) >= 11 is 5.78. The largest absolute Gasteiger partial charge is 0.450 e. The summed E-state index contributed by atoms with van der Waals surface area (Å²) < 4.78 is 19.4. The summed E-state index contributed by atoms with van der Waals surface area (Å²) in [7, 11) is 0. The molecule has 0 spiro atoms. The van der Waals surface area contributed by atoms with Gasteiger partial charge >= 0.3 is 5.69 Å². The first-order valence-electron chi connectivity index (χ1n) is 8.56. The van der Waals surface area contributed by atoms with E-state index in [-0.39, 0.29) is 33.3 Å². The van der Waals surface area contributed by atoms with Crippen molar-refractivity contribution in [1.29, 1.82) is 5.26 Å². The maximum absolute atomic E-state index is 13.9. The van der Waals surface area contributed by atoms with Crippen molar-refractivity contribution < 1.29 is 18.8 Å². The second-order valence-electron chi connectivity index (χ2n) is 6.05. The van der Waals surface area contributed by atoms with Gasteiger partial charge < -0.3 is 10.1 Å². The SMILES string of the molecule is N#CC(NC(=O)c1ccc(Oc2ccc(Cl)cc2[N+](=O)[O-])cc1)c1ccccc1F. The Kier molecular flexibility index (Phi) is 6.25. The van der Waals surface area contributed by atoms with Crippen LogP contribution >= 0.6 is 11.6 Å². The van der Waals surface area contributed by atoms with Crippen LogP contribution in [0.4, 0.5) is 10.1 Å². The highest BCUT2D eigenvalue weighted by molar-refractivity contribution is 6.30. The molecular weight excluding hydrogens is 413 g/mol. The molecule has 1 unspecified atom stereocenters. The van der Waals surface area contributed by atoms with Crippen molar-refractivity contribution in [3.05, 3.63) is 98.8 Å². The fourth-order valence-corrected chi connectivity index (χ4v) is 2.79. The number of amides is 1. The van der Waals surface area contributed by atoms with Gasteiger partial charge in [-0.3, -0.25) is 14.9 Å². The lowest BCUT2D eigenvalue weighted by Crippen LogP contribution is -2.28. The predicted octanol–water partition coefficient (Wildman–Crippen LogP) is 5.17. The maximum atomic E-state index is 13.9. The van der Waals surface area contributed by atoms with Crippen LogP contribution in [0.5, 0.6) is 11.5 Å². The van der Waals surface area contributed by atoms with E-state index in [1.807, 2.05) is 6.07 Å². The summed E-state index contributed by atoms with van der Waals surface area (Å²) in [5.74, 6) is -0.944. The van der Waals surface area contributed by atoms with E-state index >= 15 is 0 Å². The van der Waals surface area contributed by atoms with Gasteiger partial charge in [-0.2, -0.15) is 5.26 Å². The zero-order valence-electron chi connectivity index (χ0n) is 15.2. The van der Waals surface area contributed by atoms with Crippen molar-refractivity contribution >= 4 is 23.2 Å². The van der Waals surface area contributed by atoms with Crippen LogP contribution in [0.25, 0.3) is 0 Å². The van der Waals surface area contributed by atoms with E-state index in [1.165, 1.54) is 60.7 Å². The molecule has 3 aromatic carbocycles. The highest BCUT2D eigenvalue weighted by Crippen LogP contribution is 2.33. The maximum Gasteiger partial charge on any atom is 0.313 e. The predicted molar refractivity (Wildman–Crippen MR) is 107 cm³/mol. The number of carbonyl (C=O) groups is 1. The number of nitrogens with zero attached hydrogens (tertiary/aromatic N) is 2. The number of nitriles is 1. The summed E-state index contributed by atoms with van der Waals surface area (Å²) in [5, 5.41) is 23.1. The van der Waals surface area contributed by atoms with E-state index in [1.54, 1.807) is 6.07 Å². The summed E-state index contributed by atoms with van der Waals surface area (Å²) in [6, 6.07) is 16.1. The summed E-state index contributed by atoms with van der Waals surface area (Å²) in [5.41, 5.74) is -0.0426. The summed E-state index contributed by atoms with van der Waals surface area (Å²) in [6.07, 6.45) is 0. The molecule has 1 atom stereocenters. The van der Waals surface area contributed by atoms with Gasteiger partial charge in [0.05, 0.1) is 11.0 Å².